The maximum absolute atomic E-state index is 11.9. The second kappa shape index (κ2) is 5.96. The van der Waals surface area contributed by atoms with Crippen molar-refractivity contribution in [3.05, 3.63) is 45.8 Å². The van der Waals surface area contributed by atoms with Gasteiger partial charge in [-0.1, -0.05) is 11.6 Å². The van der Waals surface area contributed by atoms with Crippen LogP contribution in [-0.2, 0) is 0 Å². The lowest BCUT2D eigenvalue weighted by molar-refractivity contribution is 0.102. The fraction of sp³-hybridized carbons (Fsp3) is 0. The molecule has 19 heavy (non-hydrogen) atoms. The number of nitrogens with two attached hydrogens (primary N) is 1. The first-order valence-corrected chi connectivity index (χ1v) is 6.32. The van der Waals surface area contributed by atoms with E-state index in [4.69, 9.17) is 17.4 Å². The monoisotopic (exact) mass is 341 g/mol. The van der Waals surface area contributed by atoms with E-state index in [1.807, 2.05) is 0 Å². The molecule has 4 N–H and O–H groups in total. The van der Waals surface area contributed by atoms with Crippen molar-refractivity contribution in [3.8, 4) is 0 Å². The topological polar surface area (TPSA) is 92.9 Å². The smallest absolute Gasteiger partial charge is 0.275 e. The summed E-state index contributed by atoms with van der Waals surface area (Å²) in [6.07, 6.45) is 2.69. The fourth-order valence-electron chi connectivity index (χ4n) is 1.29. The molecule has 0 saturated heterocycles. The van der Waals surface area contributed by atoms with E-state index in [0.717, 1.165) is 4.47 Å². The highest BCUT2D eigenvalue weighted by molar-refractivity contribution is 9.10. The molecule has 0 fully saturated rings. The molecule has 1 aromatic heterocycles. The highest BCUT2D eigenvalue weighted by atomic mass is 79.9. The van der Waals surface area contributed by atoms with E-state index in [2.05, 4.69) is 36.6 Å². The van der Waals surface area contributed by atoms with Gasteiger partial charge in [0.05, 0.1) is 17.4 Å². The van der Waals surface area contributed by atoms with Crippen molar-refractivity contribution in [2.45, 2.75) is 0 Å². The minimum absolute atomic E-state index is 0.179. The summed E-state index contributed by atoms with van der Waals surface area (Å²) >= 11 is 9.21. The highest BCUT2D eigenvalue weighted by Crippen LogP contribution is 2.25. The van der Waals surface area contributed by atoms with E-state index in [0.29, 0.717) is 16.5 Å². The number of halogens is 2. The molecule has 0 aliphatic rings. The number of anilines is 2. The number of hydrogen-bond acceptors (Lipinski definition) is 5. The van der Waals surface area contributed by atoms with Crippen molar-refractivity contribution >= 4 is 44.9 Å². The minimum Gasteiger partial charge on any atom is -0.321 e. The maximum atomic E-state index is 11.9. The summed E-state index contributed by atoms with van der Waals surface area (Å²) in [7, 11) is 0. The third kappa shape index (κ3) is 3.40. The number of hydrogen-bond donors (Lipinski definition) is 3. The number of carbonyl (C=O) groups excluding carboxylic acids is 1. The summed E-state index contributed by atoms with van der Waals surface area (Å²) in [6.45, 7) is 0. The zero-order chi connectivity index (χ0) is 13.8. The third-order valence-electron chi connectivity index (χ3n) is 2.21. The van der Waals surface area contributed by atoms with E-state index in [-0.39, 0.29) is 11.6 Å². The Morgan fingerprint density at radius 2 is 2.11 bits per heavy atom. The lowest BCUT2D eigenvalue weighted by Gasteiger charge is -2.06. The summed E-state index contributed by atoms with van der Waals surface area (Å²) in [4.78, 5) is 19.7. The molecule has 2 aromatic rings. The predicted molar refractivity (Wildman–Crippen MR) is 76.9 cm³/mol. The molecule has 0 aliphatic carbocycles. The van der Waals surface area contributed by atoms with Gasteiger partial charge in [-0.3, -0.25) is 4.79 Å². The molecule has 0 bridgehead atoms. The maximum Gasteiger partial charge on any atom is 0.275 e. The molecule has 1 amide bonds. The average molecular weight is 343 g/mol. The Labute approximate surface area is 122 Å². The van der Waals surface area contributed by atoms with Gasteiger partial charge in [-0.25, -0.2) is 15.8 Å². The van der Waals surface area contributed by atoms with Gasteiger partial charge in [0.2, 0.25) is 0 Å². The number of rotatable bonds is 3. The third-order valence-corrected chi connectivity index (χ3v) is 3.44. The van der Waals surface area contributed by atoms with Gasteiger partial charge in [0.25, 0.3) is 5.91 Å². The standard InChI is InChI=1S/C11H9BrClN5O/c12-7-2-1-6(3-8(7)13)17-11(19)9-4-16-10(18-14)5-15-9/h1-5H,14H2,(H,16,18)(H,17,19). The average Bonchev–Trinajstić information content (AvgIpc) is 2.43. The van der Waals surface area contributed by atoms with Gasteiger partial charge < -0.3 is 10.7 Å². The fourth-order valence-corrected chi connectivity index (χ4v) is 1.72. The van der Waals surface area contributed by atoms with Crippen LogP contribution in [0.3, 0.4) is 0 Å². The molecule has 98 valence electrons. The molecular formula is C11H9BrClN5O. The lowest BCUT2D eigenvalue weighted by atomic mass is 10.3. The van der Waals surface area contributed by atoms with Crippen LogP contribution >= 0.6 is 27.5 Å². The number of nitrogen functional groups attached to an aromatic ring is 1. The second-order valence-electron chi connectivity index (χ2n) is 3.51. The van der Waals surface area contributed by atoms with Crippen LogP contribution < -0.4 is 16.6 Å². The first-order valence-electron chi connectivity index (χ1n) is 5.15. The number of aromatic nitrogens is 2. The molecule has 0 aliphatic heterocycles. The van der Waals surface area contributed by atoms with E-state index < -0.39 is 0 Å². The SMILES string of the molecule is NNc1cnc(C(=O)Nc2ccc(Br)c(Cl)c2)cn1. The number of hydrazine groups is 1. The highest BCUT2D eigenvalue weighted by Gasteiger charge is 2.09. The van der Waals surface area contributed by atoms with Gasteiger partial charge in [0, 0.05) is 10.2 Å². The summed E-state index contributed by atoms with van der Waals surface area (Å²) in [5.41, 5.74) is 3.08. The molecular weight excluding hydrogens is 334 g/mol. The van der Waals surface area contributed by atoms with Crippen LogP contribution in [-0.4, -0.2) is 15.9 Å². The Morgan fingerprint density at radius 3 is 2.68 bits per heavy atom. The molecule has 0 saturated carbocycles. The zero-order valence-corrected chi connectivity index (χ0v) is 11.9. The number of carbonyl (C=O) groups is 1. The number of nitrogens with one attached hydrogen (secondary N) is 2. The van der Waals surface area contributed by atoms with Gasteiger partial charge in [0.1, 0.15) is 5.69 Å². The van der Waals surface area contributed by atoms with Crippen LogP contribution in [0.15, 0.2) is 35.1 Å². The Kier molecular flexibility index (Phi) is 4.31. The van der Waals surface area contributed by atoms with Gasteiger partial charge in [-0.15, -0.1) is 0 Å². The normalized spacial score (nSPS) is 10.1. The van der Waals surface area contributed by atoms with Gasteiger partial charge >= 0.3 is 0 Å². The Hall–Kier alpha value is -1.70. The molecule has 0 unspecified atom stereocenters. The van der Waals surface area contributed by atoms with E-state index in [1.165, 1.54) is 12.4 Å². The van der Waals surface area contributed by atoms with Crippen molar-refractivity contribution in [2.24, 2.45) is 5.84 Å². The van der Waals surface area contributed by atoms with E-state index in [9.17, 15) is 4.79 Å². The Balaban J connectivity index is 2.13. The molecule has 2 rings (SSSR count). The van der Waals surface area contributed by atoms with Gasteiger partial charge in [-0.2, -0.15) is 0 Å². The van der Waals surface area contributed by atoms with Crippen molar-refractivity contribution < 1.29 is 4.79 Å². The number of nitrogens with zero attached hydrogens (tertiary/aromatic N) is 2. The summed E-state index contributed by atoms with van der Waals surface area (Å²) < 4.78 is 0.755. The largest absolute Gasteiger partial charge is 0.321 e. The number of benzene rings is 1. The summed E-state index contributed by atoms with van der Waals surface area (Å²) in [5.74, 6) is 5.16. The van der Waals surface area contributed by atoms with Crippen molar-refractivity contribution in [3.63, 3.8) is 0 Å². The van der Waals surface area contributed by atoms with Crippen LogP contribution in [0.1, 0.15) is 10.5 Å². The molecule has 0 radical (unpaired) electrons. The molecule has 6 nitrogen and oxygen atoms in total. The Morgan fingerprint density at radius 1 is 1.32 bits per heavy atom. The van der Waals surface area contributed by atoms with Crippen LogP contribution in [0, 0.1) is 0 Å². The second-order valence-corrected chi connectivity index (χ2v) is 4.78. The quantitative estimate of drug-likeness (QED) is 0.588. The zero-order valence-electron chi connectivity index (χ0n) is 9.52. The number of amides is 1. The summed E-state index contributed by atoms with van der Waals surface area (Å²) in [5, 5.41) is 3.17. The van der Waals surface area contributed by atoms with Crippen LogP contribution in [0.2, 0.25) is 5.02 Å². The van der Waals surface area contributed by atoms with Crippen LogP contribution in [0.5, 0.6) is 0 Å². The molecule has 1 heterocycles. The van der Waals surface area contributed by atoms with Crippen LogP contribution in [0.4, 0.5) is 11.5 Å². The van der Waals surface area contributed by atoms with Gasteiger partial charge in [0.15, 0.2) is 5.82 Å². The minimum atomic E-state index is -0.380. The van der Waals surface area contributed by atoms with Crippen LogP contribution in [0.25, 0.3) is 0 Å². The van der Waals surface area contributed by atoms with Crippen molar-refractivity contribution in [2.75, 3.05) is 10.7 Å². The Bertz CT molecular complexity index is 605. The first-order chi connectivity index (χ1) is 9.10. The lowest BCUT2D eigenvalue weighted by Crippen LogP contribution is -2.15. The van der Waals surface area contributed by atoms with Crippen molar-refractivity contribution in [1.82, 2.24) is 9.97 Å². The molecule has 1 aromatic carbocycles. The first kappa shape index (κ1) is 13.7. The molecule has 0 spiro atoms. The predicted octanol–water partition coefficient (Wildman–Crippen LogP) is 2.43. The van der Waals surface area contributed by atoms with Crippen molar-refractivity contribution in [1.29, 1.82) is 0 Å². The summed E-state index contributed by atoms with van der Waals surface area (Å²) in [6, 6.07) is 5.09. The molecule has 0 atom stereocenters. The van der Waals surface area contributed by atoms with E-state index in [1.54, 1.807) is 18.2 Å². The van der Waals surface area contributed by atoms with E-state index >= 15 is 0 Å². The molecule has 8 heteroatoms. The van der Waals surface area contributed by atoms with Gasteiger partial charge in [-0.05, 0) is 34.1 Å².